The molecule has 0 aliphatic rings. The molecule has 0 saturated heterocycles. The molecule has 0 spiro atoms. The van der Waals surface area contributed by atoms with E-state index in [1.165, 1.54) is 28.8 Å². The molecule has 0 fully saturated rings. The highest BCUT2D eigenvalue weighted by atomic mass is 14.9. The SMILES string of the molecule is CCCc1ccc(NC(CC)c2ccc(C)cc2)cc1. The van der Waals surface area contributed by atoms with Gasteiger partial charge in [-0.05, 0) is 43.0 Å². The monoisotopic (exact) mass is 267 g/mol. The summed E-state index contributed by atoms with van der Waals surface area (Å²) in [6.45, 7) is 6.57. The van der Waals surface area contributed by atoms with Gasteiger partial charge in [-0.2, -0.15) is 0 Å². The molecule has 0 aliphatic heterocycles. The van der Waals surface area contributed by atoms with Crippen molar-refractivity contribution in [2.45, 2.75) is 46.1 Å². The van der Waals surface area contributed by atoms with Gasteiger partial charge in [-0.3, -0.25) is 0 Å². The van der Waals surface area contributed by atoms with Gasteiger partial charge in [-0.25, -0.2) is 0 Å². The summed E-state index contributed by atoms with van der Waals surface area (Å²) in [5.41, 5.74) is 5.29. The Labute approximate surface area is 123 Å². The maximum atomic E-state index is 3.63. The van der Waals surface area contributed by atoms with E-state index in [2.05, 4.69) is 74.6 Å². The number of nitrogens with one attached hydrogen (secondary N) is 1. The quantitative estimate of drug-likeness (QED) is 0.727. The van der Waals surface area contributed by atoms with Gasteiger partial charge in [0.15, 0.2) is 0 Å². The fraction of sp³-hybridized carbons (Fsp3) is 0.368. The summed E-state index contributed by atoms with van der Waals surface area (Å²) in [5, 5.41) is 3.63. The largest absolute Gasteiger partial charge is 0.378 e. The number of hydrogen-bond acceptors (Lipinski definition) is 1. The average molecular weight is 267 g/mol. The third-order valence-electron chi connectivity index (χ3n) is 3.72. The molecule has 1 unspecified atom stereocenters. The van der Waals surface area contributed by atoms with Crippen LogP contribution in [0, 0.1) is 6.92 Å². The van der Waals surface area contributed by atoms with Gasteiger partial charge < -0.3 is 5.32 Å². The number of hydrogen-bond donors (Lipinski definition) is 1. The minimum Gasteiger partial charge on any atom is -0.378 e. The van der Waals surface area contributed by atoms with Crippen LogP contribution in [-0.2, 0) is 6.42 Å². The first-order chi connectivity index (χ1) is 9.72. The van der Waals surface area contributed by atoms with Crippen LogP contribution in [0.3, 0.4) is 0 Å². The van der Waals surface area contributed by atoms with E-state index in [1.807, 2.05) is 0 Å². The van der Waals surface area contributed by atoms with E-state index in [9.17, 15) is 0 Å². The fourth-order valence-corrected chi connectivity index (χ4v) is 2.48. The molecule has 0 radical (unpaired) electrons. The lowest BCUT2D eigenvalue weighted by atomic mass is 10.0. The molecule has 1 N–H and O–H groups in total. The predicted molar refractivity (Wildman–Crippen MR) is 88.3 cm³/mol. The summed E-state index contributed by atoms with van der Waals surface area (Å²) in [6, 6.07) is 18.1. The summed E-state index contributed by atoms with van der Waals surface area (Å²) in [5.74, 6) is 0. The zero-order chi connectivity index (χ0) is 14.4. The zero-order valence-corrected chi connectivity index (χ0v) is 12.8. The van der Waals surface area contributed by atoms with Gasteiger partial charge in [0, 0.05) is 5.69 Å². The van der Waals surface area contributed by atoms with Gasteiger partial charge >= 0.3 is 0 Å². The van der Waals surface area contributed by atoms with E-state index in [-0.39, 0.29) is 0 Å². The second-order valence-corrected chi connectivity index (χ2v) is 5.46. The van der Waals surface area contributed by atoms with Crippen LogP contribution in [-0.4, -0.2) is 0 Å². The van der Waals surface area contributed by atoms with E-state index in [0.717, 1.165) is 12.8 Å². The van der Waals surface area contributed by atoms with Crippen LogP contribution in [0.1, 0.15) is 49.4 Å². The predicted octanol–water partition coefficient (Wildman–Crippen LogP) is 5.51. The van der Waals surface area contributed by atoms with Crippen molar-refractivity contribution < 1.29 is 0 Å². The van der Waals surface area contributed by atoms with Gasteiger partial charge in [-0.15, -0.1) is 0 Å². The molecule has 0 aliphatic carbocycles. The summed E-state index contributed by atoms with van der Waals surface area (Å²) in [6.07, 6.45) is 3.45. The molecule has 20 heavy (non-hydrogen) atoms. The van der Waals surface area contributed by atoms with Gasteiger partial charge in [0.25, 0.3) is 0 Å². The normalized spacial score (nSPS) is 12.2. The van der Waals surface area contributed by atoms with Crippen molar-refractivity contribution in [1.82, 2.24) is 0 Å². The lowest BCUT2D eigenvalue weighted by molar-refractivity contribution is 0.749. The Morgan fingerprint density at radius 1 is 0.900 bits per heavy atom. The Morgan fingerprint density at radius 3 is 2.10 bits per heavy atom. The maximum Gasteiger partial charge on any atom is 0.0511 e. The van der Waals surface area contributed by atoms with Crippen LogP contribution in [0.2, 0.25) is 0 Å². The van der Waals surface area contributed by atoms with E-state index >= 15 is 0 Å². The lowest BCUT2D eigenvalue weighted by Crippen LogP contribution is -2.09. The molecule has 0 saturated carbocycles. The molecule has 1 atom stereocenters. The lowest BCUT2D eigenvalue weighted by Gasteiger charge is -2.19. The topological polar surface area (TPSA) is 12.0 Å². The first-order valence-corrected chi connectivity index (χ1v) is 7.65. The first kappa shape index (κ1) is 14.6. The third kappa shape index (κ3) is 3.86. The van der Waals surface area contributed by atoms with E-state index in [0.29, 0.717) is 6.04 Å². The second kappa shape index (κ2) is 7.14. The van der Waals surface area contributed by atoms with Gasteiger partial charge in [0.2, 0.25) is 0 Å². The Balaban J connectivity index is 2.07. The van der Waals surface area contributed by atoms with Crippen molar-refractivity contribution >= 4 is 5.69 Å². The highest BCUT2D eigenvalue weighted by Gasteiger charge is 2.08. The Bertz CT molecular complexity index is 510. The number of aryl methyl sites for hydroxylation is 2. The smallest absolute Gasteiger partial charge is 0.0511 e. The Hall–Kier alpha value is -1.76. The molecule has 0 bridgehead atoms. The van der Waals surface area contributed by atoms with E-state index < -0.39 is 0 Å². The Morgan fingerprint density at radius 2 is 1.55 bits per heavy atom. The van der Waals surface area contributed by atoms with Crippen LogP contribution in [0.5, 0.6) is 0 Å². The molecule has 2 aromatic carbocycles. The minimum atomic E-state index is 0.382. The van der Waals surface area contributed by atoms with Crippen molar-refractivity contribution in [3.8, 4) is 0 Å². The fourth-order valence-electron chi connectivity index (χ4n) is 2.48. The van der Waals surface area contributed by atoms with Crippen LogP contribution in [0.4, 0.5) is 5.69 Å². The van der Waals surface area contributed by atoms with Crippen molar-refractivity contribution in [3.63, 3.8) is 0 Å². The van der Waals surface area contributed by atoms with Crippen LogP contribution < -0.4 is 5.32 Å². The van der Waals surface area contributed by atoms with Crippen molar-refractivity contribution in [3.05, 3.63) is 65.2 Å². The molecule has 1 heteroatoms. The van der Waals surface area contributed by atoms with Gasteiger partial charge in [0.1, 0.15) is 0 Å². The van der Waals surface area contributed by atoms with Gasteiger partial charge in [-0.1, -0.05) is 62.2 Å². The molecule has 2 rings (SSSR count). The Kier molecular flexibility index (Phi) is 5.23. The van der Waals surface area contributed by atoms with Crippen LogP contribution >= 0.6 is 0 Å². The molecule has 0 amide bonds. The summed E-state index contributed by atoms with van der Waals surface area (Å²) < 4.78 is 0. The molecular formula is C19H25N. The van der Waals surface area contributed by atoms with Crippen molar-refractivity contribution in [2.75, 3.05) is 5.32 Å². The van der Waals surface area contributed by atoms with Crippen molar-refractivity contribution in [1.29, 1.82) is 0 Å². The van der Waals surface area contributed by atoms with E-state index in [4.69, 9.17) is 0 Å². The van der Waals surface area contributed by atoms with Crippen molar-refractivity contribution in [2.24, 2.45) is 0 Å². The third-order valence-corrected chi connectivity index (χ3v) is 3.72. The van der Waals surface area contributed by atoms with E-state index in [1.54, 1.807) is 0 Å². The molecule has 0 aromatic heterocycles. The molecule has 106 valence electrons. The highest BCUT2D eigenvalue weighted by molar-refractivity contribution is 5.47. The standard InChI is InChI=1S/C19H25N/c1-4-6-16-9-13-18(14-10-16)20-19(5-2)17-11-7-15(3)8-12-17/h7-14,19-20H,4-6H2,1-3H3. The summed E-state index contributed by atoms with van der Waals surface area (Å²) >= 11 is 0. The van der Waals surface area contributed by atoms with Crippen LogP contribution in [0.15, 0.2) is 48.5 Å². The zero-order valence-electron chi connectivity index (χ0n) is 12.8. The number of benzene rings is 2. The number of anilines is 1. The second-order valence-electron chi connectivity index (χ2n) is 5.46. The molecular weight excluding hydrogens is 242 g/mol. The number of rotatable bonds is 6. The van der Waals surface area contributed by atoms with Crippen LogP contribution in [0.25, 0.3) is 0 Å². The summed E-state index contributed by atoms with van der Waals surface area (Å²) in [7, 11) is 0. The molecule has 2 aromatic rings. The first-order valence-electron chi connectivity index (χ1n) is 7.65. The highest BCUT2D eigenvalue weighted by Crippen LogP contribution is 2.23. The average Bonchev–Trinajstić information content (AvgIpc) is 2.48. The minimum absolute atomic E-state index is 0.382. The molecule has 0 heterocycles. The van der Waals surface area contributed by atoms with Gasteiger partial charge in [0.05, 0.1) is 6.04 Å². The maximum absolute atomic E-state index is 3.63. The summed E-state index contributed by atoms with van der Waals surface area (Å²) in [4.78, 5) is 0. The molecule has 1 nitrogen and oxygen atoms in total.